The van der Waals surface area contributed by atoms with E-state index in [9.17, 15) is 0 Å². The van der Waals surface area contributed by atoms with E-state index in [0.717, 1.165) is 17.1 Å². The average molecular weight is 706 g/mol. The van der Waals surface area contributed by atoms with E-state index in [-0.39, 0.29) is 0 Å². The second-order valence-electron chi connectivity index (χ2n) is 13.7. The van der Waals surface area contributed by atoms with Crippen molar-refractivity contribution in [1.82, 2.24) is 0 Å². The van der Waals surface area contributed by atoms with Crippen LogP contribution in [0.15, 0.2) is 212 Å². The molecule has 9 aromatic carbocycles. The predicted octanol–water partition coefficient (Wildman–Crippen LogP) is 15.3. The Morgan fingerprint density at radius 1 is 0.315 bits per heavy atom. The highest BCUT2D eigenvalue weighted by Gasteiger charge is 2.23. The fraction of sp³-hybridized carbons (Fsp3) is 0. The normalized spacial score (nSPS) is 11.3. The van der Waals surface area contributed by atoms with E-state index < -0.39 is 0 Å². The molecule has 0 saturated heterocycles. The Morgan fingerprint density at radius 3 is 1.70 bits per heavy atom. The molecule has 10 aromatic rings. The molecule has 254 valence electrons. The molecule has 54 heavy (non-hydrogen) atoms. The quantitative estimate of drug-likeness (QED) is 0.160. The van der Waals surface area contributed by atoms with Gasteiger partial charge in [-0.15, -0.1) is 11.3 Å². The number of anilines is 3. The maximum Gasteiger partial charge on any atom is 0.0546 e. The number of nitrogens with zero attached hydrogens (tertiary/aromatic N) is 1. The van der Waals surface area contributed by atoms with Gasteiger partial charge in [0.25, 0.3) is 0 Å². The third-order valence-electron chi connectivity index (χ3n) is 10.5. The van der Waals surface area contributed by atoms with Crippen LogP contribution in [0, 0.1) is 0 Å². The molecule has 0 amide bonds. The first-order valence-electron chi connectivity index (χ1n) is 18.4. The molecule has 0 bridgehead atoms. The Hall–Kier alpha value is -6.74. The van der Waals surface area contributed by atoms with Gasteiger partial charge in [0.05, 0.1) is 5.69 Å². The maximum absolute atomic E-state index is 2.46. The molecule has 1 nitrogen and oxygen atoms in total. The SMILES string of the molecule is c1ccc(-c2ccccc2-c2c(-c3ccccc3)cccc2N(c2ccc(-c3ccc4ccccc4c3)cc2)c2ccc3c(c2)sc2ccccc23)cc1. The summed E-state index contributed by atoms with van der Waals surface area (Å²) in [6, 6.07) is 77.3. The second-order valence-corrected chi connectivity index (χ2v) is 14.8. The van der Waals surface area contributed by atoms with E-state index in [1.165, 1.54) is 75.5 Å². The molecule has 0 radical (unpaired) electrons. The molecule has 0 aliphatic carbocycles. The van der Waals surface area contributed by atoms with Crippen LogP contribution in [-0.2, 0) is 0 Å². The molecular formula is C52H35NS. The zero-order valence-electron chi connectivity index (χ0n) is 29.6. The second kappa shape index (κ2) is 13.7. The molecular weight excluding hydrogens is 671 g/mol. The third-order valence-corrected chi connectivity index (χ3v) is 11.6. The van der Waals surface area contributed by atoms with Crippen LogP contribution in [0.1, 0.15) is 0 Å². The molecule has 0 aliphatic heterocycles. The van der Waals surface area contributed by atoms with Gasteiger partial charge in [-0.2, -0.15) is 0 Å². The van der Waals surface area contributed by atoms with Gasteiger partial charge in [-0.05, 0) is 92.2 Å². The zero-order chi connectivity index (χ0) is 35.8. The van der Waals surface area contributed by atoms with Crippen molar-refractivity contribution in [3.05, 3.63) is 212 Å². The minimum absolute atomic E-state index is 1.10. The fourth-order valence-corrected chi connectivity index (χ4v) is 9.03. The van der Waals surface area contributed by atoms with E-state index in [0.29, 0.717) is 0 Å². The molecule has 1 aromatic heterocycles. The predicted molar refractivity (Wildman–Crippen MR) is 233 cm³/mol. The minimum atomic E-state index is 1.10. The van der Waals surface area contributed by atoms with E-state index in [4.69, 9.17) is 0 Å². The lowest BCUT2D eigenvalue weighted by Crippen LogP contribution is -2.12. The van der Waals surface area contributed by atoms with Gasteiger partial charge in [-0.25, -0.2) is 0 Å². The lowest BCUT2D eigenvalue weighted by atomic mass is 9.87. The van der Waals surface area contributed by atoms with Crippen LogP contribution >= 0.6 is 11.3 Å². The Balaban J connectivity index is 1.22. The van der Waals surface area contributed by atoms with Gasteiger partial charge in [0.1, 0.15) is 0 Å². The van der Waals surface area contributed by atoms with Gasteiger partial charge < -0.3 is 4.90 Å². The first-order chi connectivity index (χ1) is 26.8. The molecule has 0 fully saturated rings. The van der Waals surface area contributed by atoms with Gasteiger partial charge >= 0.3 is 0 Å². The summed E-state index contributed by atoms with van der Waals surface area (Å²) >= 11 is 1.86. The molecule has 0 N–H and O–H groups in total. The standard InChI is InChI=1S/C52H35NS/c1-3-15-38(16-4-1)44-20-9-10-22-48(44)52-45(39-17-5-2-6-18-39)23-13-24-49(52)53(43-32-33-47-46-21-11-12-25-50(46)54-51(47)35-43)42-30-28-37(29-31-42)41-27-26-36-14-7-8-19-40(36)34-41/h1-35H. The Kier molecular flexibility index (Phi) is 8.09. The van der Waals surface area contributed by atoms with Crippen LogP contribution in [-0.4, -0.2) is 0 Å². The zero-order valence-corrected chi connectivity index (χ0v) is 30.4. The van der Waals surface area contributed by atoms with Crippen LogP contribution in [0.25, 0.3) is 75.5 Å². The topological polar surface area (TPSA) is 3.24 Å². The molecule has 10 rings (SSSR count). The van der Waals surface area contributed by atoms with Crippen molar-refractivity contribution in [2.45, 2.75) is 0 Å². The number of thiophene rings is 1. The fourth-order valence-electron chi connectivity index (χ4n) is 7.89. The highest BCUT2D eigenvalue weighted by Crippen LogP contribution is 2.49. The summed E-state index contributed by atoms with van der Waals surface area (Å²) in [5, 5.41) is 5.09. The van der Waals surface area contributed by atoms with Crippen LogP contribution in [0.4, 0.5) is 17.1 Å². The number of hydrogen-bond acceptors (Lipinski definition) is 2. The smallest absolute Gasteiger partial charge is 0.0546 e. The van der Waals surface area contributed by atoms with Gasteiger partial charge in [-0.1, -0.05) is 170 Å². The number of rotatable bonds is 7. The molecule has 0 spiro atoms. The number of fused-ring (bicyclic) bond motifs is 4. The molecule has 1 heterocycles. The number of benzene rings is 9. The van der Waals surface area contributed by atoms with Crippen molar-refractivity contribution in [3.8, 4) is 44.5 Å². The summed E-state index contributed by atoms with van der Waals surface area (Å²) in [6.45, 7) is 0. The van der Waals surface area contributed by atoms with E-state index in [2.05, 4.69) is 217 Å². The lowest BCUT2D eigenvalue weighted by molar-refractivity contribution is 1.29. The highest BCUT2D eigenvalue weighted by molar-refractivity contribution is 7.25. The monoisotopic (exact) mass is 705 g/mol. The van der Waals surface area contributed by atoms with E-state index >= 15 is 0 Å². The van der Waals surface area contributed by atoms with Crippen molar-refractivity contribution in [3.63, 3.8) is 0 Å². The van der Waals surface area contributed by atoms with Crippen LogP contribution in [0.5, 0.6) is 0 Å². The third kappa shape index (κ3) is 5.74. The minimum Gasteiger partial charge on any atom is -0.310 e. The van der Waals surface area contributed by atoms with Gasteiger partial charge in [0, 0.05) is 37.1 Å². The van der Waals surface area contributed by atoms with E-state index in [1.807, 2.05) is 11.3 Å². The van der Waals surface area contributed by atoms with Crippen LogP contribution in [0.2, 0.25) is 0 Å². The number of hydrogen-bond donors (Lipinski definition) is 0. The van der Waals surface area contributed by atoms with Gasteiger partial charge in [-0.3, -0.25) is 0 Å². The van der Waals surface area contributed by atoms with Crippen molar-refractivity contribution in [2.75, 3.05) is 4.90 Å². The van der Waals surface area contributed by atoms with Crippen LogP contribution < -0.4 is 4.90 Å². The molecule has 0 unspecified atom stereocenters. The summed E-state index contributed by atoms with van der Waals surface area (Å²) in [5.74, 6) is 0. The Labute approximate surface area is 319 Å². The largest absolute Gasteiger partial charge is 0.310 e. The molecule has 2 heteroatoms. The van der Waals surface area contributed by atoms with Crippen molar-refractivity contribution in [2.24, 2.45) is 0 Å². The van der Waals surface area contributed by atoms with Crippen molar-refractivity contribution in [1.29, 1.82) is 0 Å². The first kappa shape index (κ1) is 32.0. The average Bonchev–Trinajstić information content (AvgIpc) is 3.62. The van der Waals surface area contributed by atoms with Crippen LogP contribution in [0.3, 0.4) is 0 Å². The summed E-state index contributed by atoms with van der Waals surface area (Å²) in [4.78, 5) is 2.46. The molecule has 0 atom stereocenters. The highest BCUT2D eigenvalue weighted by atomic mass is 32.1. The molecule has 0 aliphatic rings. The lowest BCUT2D eigenvalue weighted by Gasteiger charge is -2.30. The first-order valence-corrected chi connectivity index (χ1v) is 19.2. The van der Waals surface area contributed by atoms with Gasteiger partial charge in [0.15, 0.2) is 0 Å². The summed E-state index contributed by atoms with van der Waals surface area (Å²) in [6.07, 6.45) is 0. The summed E-state index contributed by atoms with van der Waals surface area (Å²) < 4.78 is 2.58. The Bertz CT molecular complexity index is 2920. The van der Waals surface area contributed by atoms with Crippen molar-refractivity contribution >= 4 is 59.3 Å². The maximum atomic E-state index is 2.46. The summed E-state index contributed by atoms with van der Waals surface area (Å²) in [5.41, 5.74) is 12.9. The van der Waals surface area contributed by atoms with Crippen molar-refractivity contribution < 1.29 is 0 Å². The van der Waals surface area contributed by atoms with Gasteiger partial charge in [0.2, 0.25) is 0 Å². The molecule has 0 saturated carbocycles. The summed E-state index contributed by atoms with van der Waals surface area (Å²) in [7, 11) is 0. The Morgan fingerprint density at radius 2 is 0.907 bits per heavy atom. The van der Waals surface area contributed by atoms with E-state index in [1.54, 1.807) is 0 Å².